The number of nitrogens with one attached hydrogen (secondary N) is 2. The maximum Gasteiger partial charge on any atom is 0.256 e. The largest absolute Gasteiger partial charge is 0.367 e. The van der Waals surface area contributed by atoms with E-state index in [1.54, 1.807) is 12.3 Å². The molecule has 0 saturated heterocycles. The lowest BCUT2D eigenvalue weighted by Crippen LogP contribution is -2.16. The summed E-state index contributed by atoms with van der Waals surface area (Å²) in [5.41, 5.74) is 3.75. The summed E-state index contributed by atoms with van der Waals surface area (Å²) in [7, 11) is 0. The third-order valence-corrected chi connectivity index (χ3v) is 3.75. The zero-order valence-electron chi connectivity index (χ0n) is 16.8. The maximum absolute atomic E-state index is 12.3. The summed E-state index contributed by atoms with van der Waals surface area (Å²) in [4.78, 5) is 19.6. The van der Waals surface area contributed by atoms with Gasteiger partial charge in [0, 0.05) is 24.3 Å². The minimum atomic E-state index is -0.154. The molecule has 1 heterocycles. The van der Waals surface area contributed by atoms with Gasteiger partial charge >= 0.3 is 0 Å². The lowest BCUT2D eigenvalue weighted by Gasteiger charge is -2.19. The van der Waals surface area contributed by atoms with E-state index in [2.05, 4.69) is 36.1 Å². The summed E-state index contributed by atoms with van der Waals surface area (Å²) in [6, 6.07) is 9.92. The van der Waals surface area contributed by atoms with E-state index in [-0.39, 0.29) is 11.3 Å². The molecule has 4 heteroatoms. The van der Waals surface area contributed by atoms with Gasteiger partial charge in [-0.25, -0.2) is 0 Å². The van der Waals surface area contributed by atoms with Crippen molar-refractivity contribution in [3.63, 3.8) is 0 Å². The summed E-state index contributed by atoms with van der Waals surface area (Å²) in [5.74, 6) is -0.154. The average Bonchev–Trinajstić information content (AvgIpc) is 3.13. The molecule has 0 spiro atoms. The summed E-state index contributed by atoms with van der Waals surface area (Å²) in [6.45, 7) is 12.9. The van der Waals surface area contributed by atoms with Crippen molar-refractivity contribution in [1.82, 2.24) is 4.98 Å². The first-order valence-electron chi connectivity index (χ1n) is 9.10. The lowest BCUT2D eigenvalue weighted by atomic mass is 9.87. The number of hydrogen-bond donors (Lipinski definition) is 2. The van der Waals surface area contributed by atoms with Gasteiger partial charge in [0.1, 0.15) is 0 Å². The van der Waals surface area contributed by atoms with Crippen molar-refractivity contribution < 1.29 is 4.79 Å². The van der Waals surface area contributed by atoms with Crippen molar-refractivity contribution in [3.8, 4) is 0 Å². The molecular weight excluding hydrogens is 322 g/mol. The predicted octanol–water partition coefficient (Wildman–Crippen LogP) is 5.49. The molecule has 0 aliphatic heterocycles. The van der Waals surface area contributed by atoms with Gasteiger partial charge in [-0.2, -0.15) is 0 Å². The van der Waals surface area contributed by atoms with Gasteiger partial charge in [0.25, 0.3) is 5.91 Å². The van der Waals surface area contributed by atoms with Crippen LogP contribution in [0.4, 0.5) is 5.69 Å². The summed E-state index contributed by atoms with van der Waals surface area (Å²) in [6.07, 6.45) is 7.13. The van der Waals surface area contributed by atoms with Crippen LogP contribution >= 0.6 is 0 Å². The number of H-pyrrole nitrogens is 1. The van der Waals surface area contributed by atoms with Crippen molar-refractivity contribution in [3.05, 3.63) is 65.5 Å². The van der Waals surface area contributed by atoms with Crippen molar-refractivity contribution >= 4 is 17.8 Å². The number of aromatic amines is 1. The number of nitrogens with zero attached hydrogens (tertiary/aromatic N) is 1. The summed E-state index contributed by atoms with van der Waals surface area (Å²) >= 11 is 0. The number of aromatic nitrogens is 1. The number of anilines is 1. The number of carbonyl (C=O) groups is 1. The van der Waals surface area contributed by atoms with Gasteiger partial charge in [-0.3, -0.25) is 9.79 Å². The summed E-state index contributed by atoms with van der Waals surface area (Å²) < 4.78 is 0. The normalized spacial score (nSPS) is 11.8. The molecule has 4 nitrogen and oxygen atoms in total. The molecule has 26 heavy (non-hydrogen) atoms. The number of aliphatic imine (C=N–C) groups is 1. The molecule has 0 atom stereocenters. The van der Waals surface area contributed by atoms with Crippen LogP contribution in [0.1, 0.15) is 52.7 Å². The first-order valence-corrected chi connectivity index (χ1v) is 9.10. The predicted molar refractivity (Wildman–Crippen MR) is 112 cm³/mol. The maximum atomic E-state index is 12.3. The molecule has 0 bridgehead atoms. The van der Waals surface area contributed by atoms with Crippen molar-refractivity contribution in [2.24, 2.45) is 4.99 Å². The van der Waals surface area contributed by atoms with Crippen LogP contribution in [0.25, 0.3) is 0 Å². The zero-order valence-corrected chi connectivity index (χ0v) is 16.8. The van der Waals surface area contributed by atoms with Gasteiger partial charge in [0.15, 0.2) is 0 Å². The monoisotopic (exact) mass is 353 g/mol. The second-order valence-corrected chi connectivity index (χ2v) is 6.71. The molecule has 0 fully saturated rings. The second kappa shape index (κ2) is 10.4. The molecule has 2 N–H and O–H groups in total. The topological polar surface area (TPSA) is 57.2 Å². The summed E-state index contributed by atoms with van der Waals surface area (Å²) in [5, 5.41) is 2.91. The Hall–Kier alpha value is -2.62. The number of benzene rings is 1. The highest BCUT2D eigenvalue weighted by molar-refractivity contribution is 6.17. The molecule has 0 radical (unpaired) electrons. The van der Waals surface area contributed by atoms with Gasteiger partial charge < -0.3 is 10.3 Å². The fourth-order valence-corrected chi connectivity index (χ4v) is 2.23. The molecule has 2 rings (SSSR count). The van der Waals surface area contributed by atoms with E-state index < -0.39 is 0 Å². The van der Waals surface area contributed by atoms with Gasteiger partial charge in [0.05, 0.1) is 12.1 Å². The molecule has 0 aliphatic rings. The third kappa shape index (κ3) is 6.71. The number of allylic oxidation sites excluding steroid dienone is 1. The molecule has 0 saturated carbocycles. The van der Waals surface area contributed by atoms with E-state index in [1.807, 2.05) is 63.5 Å². The number of rotatable bonds is 5. The van der Waals surface area contributed by atoms with Crippen LogP contribution in [0.15, 0.2) is 59.4 Å². The van der Waals surface area contributed by atoms with Gasteiger partial charge in [-0.15, -0.1) is 0 Å². The van der Waals surface area contributed by atoms with Crippen molar-refractivity contribution in [1.29, 1.82) is 0 Å². The van der Waals surface area contributed by atoms with Gasteiger partial charge in [-0.05, 0) is 41.7 Å². The highest BCUT2D eigenvalue weighted by atomic mass is 16.1. The Morgan fingerprint density at radius 1 is 1.15 bits per heavy atom. The van der Waals surface area contributed by atoms with Crippen LogP contribution < -0.4 is 5.32 Å². The Balaban J connectivity index is 0.00000163. The molecule has 0 unspecified atom stereocenters. The fourth-order valence-electron chi connectivity index (χ4n) is 2.23. The Morgan fingerprint density at radius 3 is 2.31 bits per heavy atom. The first kappa shape index (κ1) is 21.4. The van der Waals surface area contributed by atoms with Gasteiger partial charge in [-0.1, -0.05) is 52.8 Å². The molecule has 1 amide bonds. The molecule has 140 valence electrons. The Kier molecular flexibility index (Phi) is 8.56. The highest BCUT2D eigenvalue weighted by Crippen LogP contribution is 2.23. The number of carbonyl (C=O) groups excluding carboxylic acids is 1. The average molecular weight is 354 g/mol. The van der Waals surface area contributed by atoms with Crippen LogP contribution in [-0.2, 0) is 16.8 Å². The van der Waals surface area contributed by atoms with E-state index >= 15 is 0 Å². The van der Waals surface area contributed by atoms with E-state index in [9.17, 15) is 4.79 Å². The van der Waals surface area contributed by atoms with Gasteiger partial charge in [0.2, 0.25) is 0 Å². The fraction of sp³-hybridized carbons (Fsp3) is 0.364. The second-order valence-electron chi connectivity index (χ2n) is 6.71. The quantitative estimate of drug-likeness (QED) is 0.541. The lowest BCUT2D eigenvalue weighted by molar-refractivity contribution is -0.112. The standard InChI is InChI=1S/C20H25N3O.C2H6/c1-5-16(14-22-13-15-10-11-21-12-15)19(24)23-18-8-6-17(7-9-18)20(2,3)4;1-2/h5-12,14,21H,13H2,1-4H3,(H,23,24);1-2H3/b16-5+,22-14?;. The Morgan fingerprint density at radius 2 is 1.81 bits per heavy atom. The van der Waals surface area contributed by atoms with Crippen LogP contribution in [0, 0.1) is 0 Å². The Labute approximate surface area is 157 Å². The smallest absolute Gasteiger partial charge is 0.256 e. The van der Waals surface area contributed by atoms with E-state index in [0.29, 0.717) is 12.1 Å². The Bertz CT molecular complexity index is 718. The number of amides is 1. The van der Waals surface area contributed by atoms with Crippen LogP contribution in [0.2, 0.25) is 0 Å². The van der Waals surface area contributed by atoms with E-state index in [1.165, 1.54) is 5.56 Å². The number of hydrogen-bond acceptors (Lipinski definition) is 2. The minimum absolute atomic E-state index is 0.0991. The van der Waals surface area contributed by atoms with E-state index in [0.717, 1.165) is 11.3 Å². The van der Waals surface area contributed by atoms with Crippen molar-refractivity contribution in [2.45, 2.75) is 53.5 Å². The highest BCUT2D eigenvalue weighted by Gasteiger charge is 2.13. The molecule has 2 aromatic rings. The first-order chi connectivity index (χ1) is 12.4. The zero-order chi connectivity index (χ0) is 19.6. The molecule has 1 aromatic heterocycles. The van der Waals surface area contributed by atoms with Crippen LogP contribution in [0.3, 0.4) is 0 Å². The third-order valence-electron chi connectivity index (χ3n) is 3.75. The molecule has 1 aromatic carbocycles. The molecular formula is C22H31N3O. The SMILES string of the molecule is C/C=C(\C=NCc1cc[nH]c1)C(=O)Nc1ccc(C(C)(C)C)cc1.CC. The van der Waals surface area contributed by atoms with Crippen LogP contribution in [0.5, 0.6) is 0 Å². The van der Waals surface area contributed by atoms with Crippen molar-refractivity contribution in [2.75, 3.05) is 5.32 Å². The van der Waals surface area contributed by atoms with Crippen LogP contribution in [-0.4, -0.2) is 17.1 Å². The molecule has 0 aliphatic carbocycles. The minimum Gasteiger partial charge on any atom is -0.367 e. The van der Waals surface area contributed by atoms with E-state index in [4.69, 9.17) is 0 Å².